The molecule has 30 heavy (non-hydrogen) atoms. The van der Waals surface area contributed by atoms with E-state index in [9.17, 15) is 13.2 Å². The molecule has 1 aliphatic heterocycles. The van der Waals surface area contributed by atoms with Crippen molar-refractivity contribution < 1.29 is 13.2 Å². The normalized spacial score (nSPS) is 13.5. The fourth-order valence-electron chi connectivity index (χ4n) is 3.74. The van der Waals surface area contributed by atoms with Gasteiger partial charge in [0.2, 0.25) is 5.91 Å². The summed E-state index contributed by atoms with van der Waals surface area (Å²) in [5.41, 5.74) is 3.44. The van der Waals surface area contributed by atoms with E-state index >= 15 is 0 Å². The van der Waals surface area contributed by atoms with Crippen molar-refractivity contribution >= 4 is 27.3 Å². The summed E-state index contributed by atoms with van der Waals surface area (Å²) in [4.78, 5) is 12.6. The fraction of sp³-hybridized carbons (Fsp3) is 0.208. The number of hydrogen-bond donors (Lipinski definition) is 1. The molecule has 0 spiro atoms. The molecule has 0 unspecified atom stereocenters. The van der Waals surface area contributed by atoms with Crippen molar-refractivity contribution in [1.82, 2.24) is 0 Å². The van der Waals surface area contributed by atoms with Gasteiger partial charge in [0.1, 0.15) is 0 Å². The van der Waals surface area contributed by atoms with Gasteiger partial charge in [0.15, 0.2) is 0 Å². The molecular formula is C24H24N2O3S. The lowest BCUT2D eigenvalue weighted by atomic mass is 10.0. The first-order valence-electron chi connectivity index (χ1n) is 10.1. The molecule has 4 rings (SSSR count). The second kappa shape index (κ2) is 8.71. The summed E-state index contributed by atoms with van der Waals surface area (Å²) in [6, 6.07) is 23.9. The lowest BCUT2D eigenvalue weighted by Gasteiger charge is -2.30. The first-order chi connectivity index (χ1) is 14.5. The number of nitrogens with zero attached hydrogens (tertiary/aromatic N) is 1. The zero-order valence-electron chi connectivity index (χ0n) is 16.6. The Labute approximate surface area is 177 Å². The van der Waals surface area contributed by atoms with Gasteiger partial charge in [0.25, 0.3) is 10.0 Å². The molecule has 1 heterocycles. The summed E-state index contributed by atoms with van der Waals surface area (Å²) in [5, 5.41) is 2.94. The molecule has 0 saturated carbocycles. The number of carbonyl (C=O) groups is 1. The lowest BCUT2D eigenvalue weighted by Crippen LogP contribution is -2.35. The number of carbonyl (C=O) groups excluding carboxylic acids is 1. The average molecular weight is 421 g/mol. The van der Waals surface area contributed by atoms with E-state index in [2.05, 4.69) is 5.32 Å². The molecule has 5 nitrogen and oxygen atoms in total. The van der Waals surface area contributed by atoms with E-state index in [0.717, 1.165) is 24.0 Å². The van der Waals surface area contributed by atoms with E-state index in [4.69, 9.17) is 0 Å². The van der Waals surface area contributed by atoms with Crippen LogP contribution >= 0.6 is 0 Å². The van der Waals surface area contributed by atoms with Crippen LogP contribution in [0.25, 0.3) is 0 Å². The largest absolute Gasteiger partial charge is 0.326 e. The fourth-order valence-corrected chi connectivity index (χ4v) is 5.30. The molecule has 0 aromatic heterocycles. The quantitative estimate of drug-likeness (QED) is 0.643. The smallest absolute Gasteiger partial charge is 0.264 e. The topological polar surface area (TPSA) is 66.5 Å². The molecule has 0 aliphatic carbocycles. The van der Waals surface area contributed by atoms with E-state index in [1.54, 1.807) is 42.5 Å². The number of fused-ring (bicyclic) bond motifs is 1. The second-order valence-electron chi connectivity index (χ2n) is 7.37. The molecule has 1 aliphatic rings. The van der Waals surface area contributed by atoms with Gasteiger partial charge in [-0.15, -0.1) is 0 Å². The van der Waals surface area contributed by atoms with Crippen LogP contribution in [0.3, 0.4) is 0 Å². The third-order valence-electron chi connectivity index (χ3n) is 5.25. The van der Waals surface area contributed by atoms with E-state index in [0.29, 0.717) is 30.8 Å². The van der Waals surface area contributed by atoms with Gasteiger partial charge in [0, 0.05) is 18.7 Å². The minimum absolute atomic E-state index is 0.0524. The zero-order valence-corrected chi connectivity index (χ0v) is 17.4. The number of amides is 1. The lowest BCUT2D eigenvalue weighted by molar-refractivity contribution is -0.116. The summed E-state index contributed by atoms with van der Waals surface area (Å²) >= 11 is 0. The first-order valence-corrected chi connectivity index (χ1v) is 11.5. The molecule has 0 radical (unpaired) electrons. The van der Waals surface area contributed by atoms with Gasteiger partial charge >= 0.3 is 0 Å². The third-order valence-corrected chi connectivity index (χ3v) is 7.08. The van der Waals surface area contributed by atoms with Crippen LogP contribution in [0.5, 0.6) is 0 Å². The van der Waals surface area contributed by atoms with Crippen LogP contribution in [0.2, 0.25) is 0 Å². The Kier molecular flexibility index (Phi) is 5.86. The van der Waals surface area contributed by atoms with Gasteiger partial charge < -0.3 is 5.32 Å². The molecule has 3 aromatic rings. The summed E-state index contributed by atoms with van der Waals surface area (Å²) in [5.74, 6) is -0.0524. The van der Waals surface area contributed by atoms with Crippen LogP contribution < -0.4 is 9.62 Å². The zero-order chi connectivity index (χ0) is 21.0. The highest BCUT2D eigenvalue weighted by Crippen LogP contribution is 2.33. The summed E-state index contributed by atoms with van der Waals surface area (Å²) in [6.07, 6.45) is 2.60. The number of sulfonamides is 1. The number of benzene rings is 3. The van der Waals surface area contributed by atoms with Crippen LogP contribution in [0.1, 0.15) is 24.0 Å². The van der Waals surface area contributed by atoms with E-state index < -0.39 is 10.0 Å². The van der Waals surface area contributed by atoms with E-state index in [1.165, 1.54) is 4.31 Å². The highest BCUT2D eigenvalue weighted by molar-refractivity contribution is 7.92. The maximum absolute atomic E-state index is 13.1. The molecule has 0 bridgehead atoms. The molecule has 1 amide bonds. The second-order valence-corrected chi connectivity index (χ2v) is 9.23. The Balaban J connectivity index is 1.49. The minimum atomic E-state index is -3.60. The van der Waals surface area contributed by atoms with Gasteiger partial charge in [-0.25, -0.2) is 8.42 Å². The highest BCUT2D eigenvalue weighted by atomic mass is 32.2. The molecule has 3 aromatic carbocycles. The molecule has 0 fully saturated rings. The monoisotopic (exact) mass is 420 g/mol. The van der Waals surface area contributed by atoms with E-state index in [-0.39, 0.29) is 10.8 Å². The average Bonchev–Trinajstić information content (AvgIpc) is 2.78. The molecule has 154 valence electrons. The number of anilines is 2. The number of rotatable bonds is 6. The molecule has 1 N–H and O–H groups in total. The first kappa shape index (κ1) is 20.2. The van der Waals surface area contributed by atoms with Gasteiger partial charge in [-0.1, -0.05) is 48.5 Å². The highest BCUT2D eigenvalue weighted by Gasteiger charge is 2.29. The maximum Gasteiger partial charge on any atom is 0.264 e. The summed E-state index contributed by atoms with van der Waals surface area (Å²) in [7, 11) is -3.60. The van der Waals surface area contributed by atoms with Crippen LogP contribution in [0.15, 0.2) is 83.8 Å². The molecular weight excluding hydrogens is 396 g/mol. The Morgan fingerprint density at radius 3 is 2.37 bits per heavy atom. The third kappa shape index (κ3) is 4.39. The SMILES string of the molecule is O=C(CCc1ccccc1)Nc1ccc2c(c1)CCCN2S(=O)(=O)c1ccccc1. The number of aryl methyl sites for hydroxylation is 2. The van der Waals surface area contributed by atoms with Crippen molar-refractivity contribution in [2.45, 2.75) is 30.6 Å². The molecule has 0 saturated heterocycles. The Morgan fingerprint density at radius 1 is 0.933 bits per heavy atom. The van der Waals surface area contributed by atoms with Gasteiger partial charge in [0.05, 0.1) is 10.6 Å². The maximum atomic E-state index is 13.1. The number of hydrogen-bond acceptors (Lipinski definition) is 3. The summed E-state index contributed by atoms with van der Waals surface area (Å²) in [6.45, 7) is 0.451. The standard InChI is InChI=1S/C24H24N2O3S/c27-24(16-13-19-8-3-1-4-9-19)25-21-14-15-23-20(18-21)10-7-17-26(23)30(28,29)22-11-5-2-6-12-22/h1-6,8-9,11-12,14-15,18H,7,10,13,16-17H2,(H,25,27). The molecule has 6 heteroatoms. The van der Waals surface area contributed by atoms with Crippen molar-refractivity contribution in [3.8, 4) is 0 Å². The van der Waals surface area contributed by atoms with Gasteiger partial charge in [-0.3, -0.25) is 9.10 Å². The van der Waals surface area contributed by atoms with Crippen LogP contribution in [-0.2, 0) is 27.7 Å². The Morgan fingerprint density at radius 2 is 1.63 bits per heavy atom. The minimum Gasteiger partial charge on any atom is -0.326 e. The van der Waals surface area contributed by atoms with Crippen molar-refractivity contribution in [2.24, 2.45) is 0 Å². The van der Waals surface area contributed by atoms with Crippen molar-refractivity contribution in [3.05, 3.63) is 90.0 Å². The van der Waals surface area contributed by atoms with E-state index in [1.807, 2.05) is 36.4 Å². The number of nitrogens with one attached hydrogen (secondary N) is 1. The predicted molar refractivity (Wildman–Crippen MR) is 119 cm³/mol. The van der Waals surface area contributed by atoms with Crippen molar-refractivity contribution in [3.63, 3.8) is 0 Å². The summed E-state index contributed by atoms with van der Waals surface area (Å²) < 4.78 is 27.7. The van der Waals surface area contributed by atoms with Gasteiger partial charge in [-0.05, 0) is 60.7 Å². The van der Waals surface area contributed by atoms with Crippen LogP contribution in [-0.4, -0.2) is 20.9 Å². The van der Waals surface area contributed by atoms with Gasteiger partial charge in [-0.2, -0.15) is 0 Å². The Bertz CT molecular complexity index is 1130. The predicted octanol–water partition coefficient (Wildman–Crippen LogP) is 4.40. The van der Waals surface area contributed by atoms with Crippen molar-refractivity contribution in [1.29, 1.82) is 0 Å². The molecule has 0 atom stereocenters. The Hall–Kier alpha value is -3.12. The van der Waals surface area contributed by atoms with Crippen LogP contribution in [0, 0.1) is 0 Å². The van der Waals surface area contributed by atoms with Crippen molar-refractivity contribution in [2.75, 3.05) is 16.2 Å². The van der Waals surface area contributed by atoms with Crippen LogP contribution in [0.4, 0.5) is 11.4 Å².